The van der Waals surface area contributed by atoms with Crippen LogP contribution in [-0.2, 0) is 9.59 Å². The lowest BCUT2D eigenvalue weighted by molar-refractivity contribution is -0.384. The lowest BCUT2D eigenvalue weighted by Gasteiger charge is -2.09. The summed E-state index contributed by atoms with van der Waals surface area (Å²) in [6.07, 6.45) is 0. The number of azo groups is 1. The number of amides is 1. The van der Waals surface area contributed by atoms with Crippen LogP contribution >= 0.6 is 23.2 Å². The molecule has 0 saturated heterocycles. The third kappa shape index (κ3) is 5.08. The Kier molecular flexibility index (Phi) is 6.37. The number of benzene rings is 2. The van der Waals surface area contributed by atoms with Gasteiger partial charge in [-0.1, -0.05) is 23.2 Å². The minimum absolute atomic E-state index is 0.120. The van der Waals surface area contributed by atoms with E-state index in [1.54, 1.807) is 24.3 Å². The predicted molar refractivity (Wildman–Crippen MR) is 97.2 cm³/mol. The van der Waals surface area contributed by atoms with Crippen molar-refractivity contribution in [2.24, 2.45) is 10.2 Å². The van der Waals surface area contributed by atoms with Crippen LogP contribution in [0.3, 0.4) is 0 Å². The molecule has 2 rings (SSSR count). The smallest absolute Gasteiger partial charge is 0.298 e. The van der Waals surface area contributed by atoms with Crippen molar-refractivity contribution >= 4 is 52.0 Å². The van der Waals surface area contributed by atoms with Gasteiger partial charge in [0, 0.05) is 21.8 Å². The monoisotopic (exact) mass is 394 g/mol. The van der Waals surface area contributed by atoms with Crippen LogP contribution in [0.15, 0.2) is 52.7 Å². The molecule has 26 heavy (non-hydrogen) atoms. The number of hydrogen-bond donors (Lipinski definition) is 1. The van der Waals surface area contributed by atoms with E-state index in [-0.39, 0.29) is 16.4 Å². The van der Waals surface area contributed by atoms with Gasteiger partial charge in [0.2, 0.25) is 6.04 Å². The van der Waals surface area contributed by atoms with Crippen molar-refractivity contribution in [1.29, 1.82) is 0 Å². The fourth-order valence-corrected chi connectivity index (χ4v) is 2.20. The summed E-state index contributed by atoms with van der Waals surface area (Å²) >= 11 is 11.5. The van der Waals surface area contributed by atoms with E-state index in [4.69, 9.17) is 23.2 Å². The largest absolute Gasteiger partial charge is 0.324 e. The van der Waals surface area contributed by atoms with Crippen LogP contribution < -0.4 is 5.32 Å². The molecular formula is C16H12Cl2N4O4. The van der Waals surface area contributed by atoms with Gasteiger partial charge in [-0.05, 0) is 43.3 Å². The van der Waals surface area contributed by atoms with E-state index in [9.17, 15) is 19.7 Å². The second-order valence-electron chi connectivity index (χ2n) is 5.11. The fraction of sp³-hybridized carbons (Fsp3) is 0.125. The summed E-state index contributed by atoms with van der Waals surface area (Å²) in [4.78, 5) is 34.4. The van der Waals surface area contributed by atoms with Gasteiger partial charge in [0.25, 0.3) is 11.6 Å². The molecule has 10 heteroatoms. The van der Waals surface area contributed by atoms with Crippen molar-refractivity contribution in [3.63, 3.8) is 0 Å². The van der Waals surface area contributed by atoms with Crippen molar-refractivity contribution < 1.29 is 14.5 Å². The number of nitro groups is 1. The first kappa shape index (κ1) is 19.5. The molecule has 0 spiro atoms. The quantitative estimate of drug-likeness (QED) is 0.334. The highest BCUT2D eigenvalue weighted by Gasteiger charge is 2.24. The molecule has 0 aliphatic carbocycles. The average molecular weight is 395 g/mol. The van der Waals surface area contributed by atoms with Gasteiger partial charge in [-0.15, -0.1) is 5.11 Å². The van der Waals surface area contributed by atoms with Crippen molar-refractivity contribution in [3.05, 3.63) is 62.6 Å². The SMILES string of the molecule is CC(=O)C(N=Nc1ccc(Cl)cc1[N+](=O)[O-])C(=O)Nc1ccc(Cl)cc1. The molecule has 0 bridgehead atoms. The molecule has 0 fully saturated rings. The van der Waals surface area contributed by atoms with Gasteiger partial charge in [0.1, 0.15) is 0 Å². The Labute approximate surface area is 158 Å². The maximum Gasteiger partial charge on any atom is 0.298 e. The highest BCUT2D eigenvalue weighted by atomic mass is 35.5. The zero-order valence-corrected chi connectivity index (χ0v) is 14.9. The minimum Gasteiger partial charge on any atom is -0.324 e. The lowest BCUT2D eigenvalue weighted by Crippen LogP contribution is -2.31. The number of carbonyl (C=O) groups is 2. The third-order valence-electron chi connectivity index (χ3n) is 3.16. The van der Waals surface area contributed by atoms with Crippen LogP contribution in [0.25, 0.3) is 0 Å². The second-order valence-corrected chi connectivity index (χ2v) is 5.99. The number of nitro benzene ring substituents is 1. The first-order valence-electron chi connectivity index (χ1n) is 7.19. The molecule has 2 aromatic rings. The van der Waals surface area contributed by atoms with Crippen LogP contribution in [0, 0.1) is 10.1 Å². The zero-order chi connectivity index (χ0) is 19.3. The fourth-order valence-electron chi connectivity index (χ4n) is 1.91. The van der Waals surface area contributed by atoms with Crippen LogP contribution in [0.2, 0.25) is 10.0 Å². The number of halogens is 2. The van der Waals surface area contributed by atoms with E-state index < -0.39 is 22.7 Å². The molecule has 0 aliphatic heterocycles. The van der Waals surface area contributed by atoms with Crippen molar-refractivity contribution in [1.82, 2.24) is 0 Å². The van der Waals surface area contributed by atoms with Gasteiger partial charge in [-0.3, -0.25) is 19.7 Å². The molecule has 0 aromatic heterocycles. The molecule has 1 unspecified atom stereocenters. The molecule has 1 amide bonds. The Morgan fingerprint density at radius 3 is 2.31 bits per heavy atom. The molecule has 2 aromatic carbocycles. The summed E-state index contributed by atoms with van der Waals surface area (Å²) in [5.74, 6) is -1.29. The Balaban J connectivity index is 2.24. The Morgan fingerprint density at radius 2 is 1.73 bits per heavy atom. The number of Topliss-reactive ketones (excluding diaryl/α,β-unsaturated/α-hetero) is 1. The number of hydrogen-bond acceptors (Lipinski definition) is 6. The van der Waals surface area contributed by atoms with Gasteiger partial charge in [-0.2, -0.15) is 5.11 Å². The standard InChI is InChI=1S/C16H12Cl2N4O4/c1-9(23)15(16(24)19-12-5-2-10(17)3-6-12)21-20-13-7-4-11(18)8-14(13)22(25)26/h2-8,15H,1H3,(H,19,24). The summed E-state index contributed by atoms with van der Waals surface area (Å²) in [7, 11) is 0. The molecule has 0 radical (unpaired) electrons. The molecule has 1 atom stereocenters. The van der Waals surface area contributed by atoms with Crippen molar-refractivity contribution in [3.8, 4) is 0 Å². The van der Waals surface area contributed by atoms with Gasteiger partial charge in [-0.25, -0.2) is 0 Å². The first-order valence-corrected chi connectivity index (χ1v) is 7.95. The molecule has 134 valence electrons. The van der Waals surface area contributed by atoms with Gasteiger partial charge < -0.3 is 5.32 Å². The average Bonchev–Trinajstić information content (AvgIpc) is 2.57. The summed E-state index contributed by atoms with van der Waals surface area (Å²) in [5, 5.41) is 21.5. The molecule has 8 nitrogen and oxygen atoms in total. The van der Waals surface area contributed by atoms with Gasteiger partial charge in [0.15, 0.2) is 11.5 Å². The predicted octanol–water partition coefficient (Wildman–Crippen LogP) is 4.58. The topological polar surface area (TPSA) is 114 Å². The normalized spacial score (nSPS) is 12.0. The summed E-state index contributed by atoms with van der Waals surface area (Å²) in [6, 6.07) is 8.55. The summed E-state index contributed by atoms with van der Waals surface area (Å²) < 4.78 is 0. The Bertz CT molecular complexity index is 884. The van der Waals surface area contributed by atoms with Gasteiger partial charge >= 0.3 is 0 Å². The lowest BCUT2D eigenvalue weighted by atomic mass is 10.2. The molecule has 1 N–H and O–H groups in total. The van der Waals surface area contributed by atoms with E-state index >= 15 is 0 Å². The summed E-state index contributed by atoms with van der Waals surface area (Å²) in [5.41, 5.74) is -0.0927. The van der Waals surface area contributed by atoms with Crippen LogP contribution in [0.5, 0.6) is 0 Å². The molecule has 0 aliphatic rings. The van der Waals surface area contributed by atoms with E-state index in [1.807, 2.05) is 0 Å². The zero-order valence-electron chi connectivity index (χ0n) is 13.3. The van der Waals surface area contributed by atoms with Crippen molar-refractivity contribution in [2.75, 3.05) is 5.32 Å². The van der Waals surface area contributed by atoms with Crippen LogP contribution in [0.1, 0.15) is 6.92 Å². The number of nitrogens with one attached hydrogen (secondary N) is 1. The van der Waals surface area contributed by atoms with E-state index in [1.165, 1.54) is 19.1 Å². The number of anilines is 1. The van der Waals surface area contributed by atoms with E-state index in [0.29, 0.717) is 10.7 Å². The number of carbonyl (C=O) groups excluding carboxylic acids is 2. The van der Waals surface area contributed by atoms with E-state index in [0.717, 1.165) is 6.07 Å². The maximum absolute atomic E-state index is 12.3. The molecular weight excluding hydrogens is 383 g/mol. The van der Waals surface area contributed by atoms with Gasteiger partial charge in [0.05, 0.1) is 4.92 Å². The molecule has 0 heterocycles. The number of rotatable bonds is 6. The number of ketones is 1. The summed E-state index contributed by atoms with van der Waals surface area (Å²) in [6.45, 7) is 1.17. The van der Waals surface area contributed by atoms with Crippen molar-refractivity contribution in [2.45, 2.75) is 13.0 Å². The second kappa shape index (κ2) is 8.50. The Hall–Kier alpha value is -2.84. The highest BCUT2D eigenvalue weighted by Crippen LogP contribution is 2.30. The first-order chi connectivity index (χ1) is 12.3. The molecule has 0 saturated carbocycles. The van der Waals surface area contributed by atoms with E-state index in [2.05, 4.69) is 15.5 Å². The minimum atomic E-state index is -1.46. The Morgan fingerprint density at radius 1 is 1.12 bits per heavy atom. The third-order valence-corrected chi connectivity index (χ3v) is 3.65. The highest BCUT2D eigenvalue weighted by molar-refractivity contribution is 6.31. The number of nitrogens with zero attached hydrogens (tertiary/aromatic N) is 3. The van der Waals surface area contributed by atoms with Crippen LogP contribution in [-0.4, -0.2) is 22.7 Å². The van der Waals surface area contributed by atoms with Crippen LogP contribution in [0.4, 0.5) is 17.1 Å². The maximum atomic E-state index is 12.3.